The minimum Gasteiger partial charge on any atom is -0.507 e. The van der Waals surface area contributed by atoms with Gasteiger partial charge in [0, 0.05) is 35.5 Å². The van der Waals surface area contributed by atoms with E-state index in [1.54, 1.807) is 10.7 Å². The lowest BCUT2D eigenvalue weighted by Gasteiger charge is -2.10. The van der Waals surface area contributed by atoms with Gasteiger partial charge in [0.2, 0.25) is 0 Å². The molecule has 0 unspecified atom stereocenters. The number of aromatic hydroxyl groups is 1. The first-order valence-corrected chi connectivity index (χ1v) is 9.69. The van der Waals surface area contributed by atoms with Crippen LogP contribution in [-0.2, 0) is 13.7 Å². The molecule has 1 N–H and O–H groups in total. The standard InChI is InChI=1S/C24H21ClN2O2/c1-16-3-7-18(8-4-16)22-14-27(2)26-24(22)21-12-11-20(13-23(21)28)29-15-17-5-9-19(25)10-6-17/h3-14,28H,15H2,1-2H3. The third-order valence-corrected chi connectivity index (χ3v) is 4.99. The molecule has 0 aliphatic carbocycles. The summed E-state index contributed by atoms with van der Waals surface area (Å²) in [4.78, 5) is 0. The maximum Gasteiger partial charge on any atom is 0.128 e. The lowest BCUT2D eigenvalue weighted by Crippen LogP contribution is -1.95. The number of hydrogen-bond acceptors (Lipinski definition) is 3. The van der Waals surface area contributed by atoms with Gasteiger partial charge in [-0.2, -0.15) is 5.10 Å². The molecule has 1 heterocycles. The molecule has 0 radical (unpaired) electrons. The molecule has 0 saturated carbocycles. The van der Waals surface area contributed by atoms with Crippen LogP contribution in [0.3, 0.4) is 0 Å². The number of halogens is 1. The van der Waals surface area contributed by atoms with Crippen molar-refractivity contribution >= 4 is 11.6 Å². The largest absolute Gasteiger partial charge is 0.507 e. The second kappa shape index (κ2) is 8.02. The molecule has 0 fully saturated rings. The predicted molar refractivity (Wildman–Crippen MR) is 116 cm³/mol. The number of aromatic nitrogens is 2. The summed E-state index contributed by atoms with van der Waals surface area (Å²) < 4.78 is 7.57. The van der Waals surface area contributed by atoms with E-state index < -0.39 is 0 Å². The summed E-state index contributed by atoms with van der Waals surface area (Å²) >= 11 is 5.91. The van der Waals surface area contributed by atoms with Crippen molar-refractivity contribution in [2.75, 3.05) is 0 Å². The first-order valence-electron chi connectivity index (χ1n) is 9.31. The molecular formula is C24H21ClN2O2. The van der Waals surface area contributed by atoms with Crippen LogP contribution in [0.5, 0.6) is 11.5 Å². The first kappa shape index (κ1) is 19.1. The summed E-state index contributed by atoms with van der Waals surface area (Å²) in [5.74, 6) is 0.722. The molecule has 4 aromatic rings. The number of aryl methyl sites for hydroxylation is 2. The third kappa shape index (κ3) is 4.28. The number of benzene rings is 3. The van der Waals surface area contributed by atoms with Crippen LogP contribution in [0, 0.1) is 6.92 Å². The van der Waals surface area contributed by atoms with Crippen molar-refractivity contribution < 1.29 is 9.84 Å². The Hall–Kier alpha value is -3.24. The molecule has 4 nitrogen and oxygen atoms in total. The summed E-state index contributed by atoms with van der Waals surface area (Å²) in [5.41, 5.74) is 5.63. The molecule has 0 bridgehead atoms. The van der Waals surface area contributed by atoms with Gasteiger partial charge in [0.05, 0.1) is 0 Å². The second-order valence-corrected chi connectivity index (χ2v) is 7.46. The quantitative estimate of drug-likeness (QED) is 0.443. The van der Waals surface area contributed by atoms with Crippen molar-refractivity contribution in [3.8, 4) is 33.9 Å². The van der Waals surface area contributed by atoms with E-state index in [2.05, 4.69) is 36.3 Å². The molecule has 0 atom stereocenters. The molecule has 3 aromatic carbocycles. The Morgan fingerprint density at radius 2 is 1.69 bits per heavy atom. The highest BCUT2D eigenvalue weighted by molar-refractivity contribution is 6.30. The van der Waals surface area contributed by atoms with Gasteiger partial charge in [0.25, 0.3) is 0 Å². The van der Waals surface area contributed by atoms with E-state index in [4.69, 9.17) is 16.3 Å². The van der Waals surface area contributed by atoms with Crippen LogP contribution >= 0.6 is 11.6 Å². The Morgan fingerprint density at radius 1 is 0.966 bits per heavy atom. The molecule has 1 aromatic heterocycles. The average Bonchev–Trinajstić information content (AvgIpc) is 3.09. The molecule has 29 heavy (non-hydrogen) atoms. The number of ether oxygens (including phenoxy) is 1. The van der Waals surface area contributed by atoms with Gasteiger partial charge in [0.15, 0.2) is 0 Å². The SMILES string of the molecule is Cc1ccc(-c2cn(C)nc2-c2ccc(OCc3ccc(Cl)cc3)cc2O)cc1. The Bertz CT molecular complexity index is 1130. The zero-order valence-electron chi connectivity index (χ0n) is 16.3. The monoisotopic (exact) mass is 404 g/mol. The molecule has 0 aliphatic heterocycles. The Kier molecular flexibility index (Phi) is 5.28. The van der Waals surface area contributed by atoms with Crippen molar-refractivity contribution in [3.63, 3.8) is 0 Å². The maximum atomic E-state index is 10.7. The van der Waals surface area contributed by atoms with Gasteiger partial charge in [-0.25, -0.2) is 0 Å². The van der Waals surface area contributed by atoms with E-state index in [9.17, 15) is 5.11 Å². The van der Waals surface area contributed by atoms with Crippen LogP contribution in [0.4, 0.5) is 0 Å². The maximum absolute atomic E-state index is 10.7. The van der Waals surface area contributed by atoms with Crippen molar-refractivity contribution in [1.82, 2.24) is 9.78 Å². The normalized spacial score (nSPS) is 10.9. The van der Waals surface area contributed by atoms with E-state index in [0.29, 0.717) is 22.9 Å². The molecular weight excluding hydrogens is 384 g/mol. The second-order valence-electron chi connectivity index (χ2n) is 7.03. The van der Waals surface area contributed by atoms with E-state index in [1.807, 2.05) is 49.6 Å². The Labute approximate surface area is 175 Å². The van der Waals surface area contributed by atoms with E-state index in [1.165, 1.54) is 5.56 Å². The van der Waals surface area contributed by atoms with Gasteiger partial charge >= 0.3 is 0 Å². The molecule has 4 rings (SSSR count). The van der Waals surface area contributed by atoms with Gasteiger partial charge in [-0.05, 0) is 42.3 Å². The Morgan fingerprint density at radius 3 is 2.38 bits per heavy atom. The van der Waals surface area contributed by atoms with Crippen LogP contribution in [0.15, 0.2) is 72.9 Å². The molecule has 0 amide bonds. The van der Waals surface area contributed by atoms with Crippen LogP contribution in [0.25, 0.3) is 22.4 Å². The van der Waals surface area contributed by atoms with Crippen molar-refractivity contribution in [1.29, 1.82) is 0 Å². The van der Waals surface area contributed by atoms with Crippen LogP contribution in [0.1, 0.15) is 11.1 Å². The summed E-state index contributed by atoms with van der Waals surface area (Å²) in [5, 5.41) is 15.9. The van der Waals surface area contributed by atoms with Gasteiger partial charge in [-0.3, -0.25) is 4.68 Å². The Balaban J connectivity index is 1.60. The van der Waals surface area contributed by atoms with Gasteiger partial charge in [-0.15, -0.1) is 0 Å². The van der Waals surface area contributed by atoms with Gasteiger partial charge in [-0.1, -0.05) is 53.6 Å². The van der Waals surface area contributed by atoms with Crippen molar-refractivity contribution in [2.45, 2.75) is 13.5 Å². The van der Waals surface area contributed by atoms with Crippen molar-refractivity contribution in [2.24, 2.45) is 7.05 Å². The van der Waals surface area contributed by atoms with E-state index in [0.717, 1.165) is 22.4 Å². The minimum absolute atomic E-state index is 0.130. The molecule has 0 spiro atoms. The number of hydrogen-bond donors (Lipinski definition) is 1. The van der Waals surface area contributed by atoms with Crippen LogP contribution in [-0.4, -0.2) is 14.9 Å². The fourth-order valence-corrected chi connectivity index (χ4v) is 3.31. The minimum atomic E-state index is 0.130. The summed E-state index contributed by atoms with van der Waals surface area (Å²) in [6, 6.07) is 21.1. The number of nitrogens with zero attached hydrogens (tertiary/aromatic N) is 2. The fourth-order valence-electron chi connectivity index (χ4n) is 3.18. The smallest absolute Gasteiger partial charge is 0.128 e. The van der Waals surface area contributed by atoms with Crippen LogP contribution in [0.2, 0.25) is 5.02 Å². The van der Waals surface area contributed by atoms with Crippen LogP contribution < -0.4 is 4.74 Å². The topological polar surface area (TPSA) is 47.3 Å². The molecule has 0 aliphatic rings. The zero-order chi connectivity index (χ0) is 20.4. The molecule has 0 saturated heterocycles. The zero-order valence-corrected chi connectivity index (χ0v) is 17.0. The summed E-state index contributed by atoms with van der Waals surface area (Å²) in [7, 11) is 1.88. The third-order valence-electron chi connectivity index (χ3n) is 4.73. The number of rotatable bonds is 5. The fraction of sp³-hybridized carbons (Fsp3) is 0.125. The first-order chi connectivity index (χ1) is 14.0. The van der Waals surface area contributed by atoms with Gasteiger partial charge in [0.1, 0.15) is 23.8 Å². The average molecular weight is 405 g/mol. The van der Waals surface area contributed by atoms with Gasteiger partial charge < -0.3 is 9.84 Å². The highest BCUT2D eigenvalue weighted by Crippen LogP contribution is 2.37. The van der Waals surface area contributed by atoms with E-state index in [-0.39, 0.29) is 5.75 Å². The predicted octanol–water partition coefficient (Wildman–Crippen LogP) is 6.00. The number of phenolic OH excluding ortho intramolecular Hbond substituents is 1. The van der Waals surface area contributed by atoms with E-state index >= 15 is 0 Å². The lowest BCUT2D eigenvalue weighted by atomic mass is 10.0. The lowest BCUT2D eigenvalue weighted by molar-refractivity contribution is 0.304. The highest BCUT2D eigenvalue weighted by Gasteiger charge is 2.16. The summed E-state index contributed by atoms with van der Waals surface area (Å²) in [6.45, 7) is 2.46. The number of phenols is 1. The molecule has 5 heteroatoms. The highest BCUT2D eigenvalue weighted by atomic mass is 35.5. The summed E-state index contributed by atoms with van der Waals surface area (Å²) in [6.07, 6.45) is 1.96. The molecule has 146 valence electrons. The van der Waals surface area contributed by atoms with Crippen molar-refractivity contribution in [3.05, 3.63) is 89.1 Å².